The van der Waals surface area contributed by atoms with Crippen LogP contribution in [0.4, 0.5) is 5.69 Å². The first-order chi connectivity index (χ1) is 14.0. The van der Waals surface area contributed by atoms with Crippen LogP contribution in [0, 0.1) is 0 Å². The van der Waals surface area contributed by atoms with Gasteiger partial charge in [0.2, 0.25) is 5.91 Å². The number of esters is 1. The van der Waals surface area contributed by atoms with Crippen molar-refractivity contribution in [2.75, 3.05) is 18.1 Å². The van der Waals surface area contributed by atoms with Crippen LogP contribution in [0.2, 0.25) is 0 Å². The number of fused-ring (bicyclic) bond motifs is 1. The number of carbonyl (C=O) groups excluding carboxylic acids is 3. The van der Waals surface area contributed by atoms with Crippen LogP contribution in [-0.4, -0.2) is 35.5 Å². The Balaban J connectivity index is 1.54. The Hall–Kier alpha value is -3.61. The minimum Gasteiger partial charge on any atom is -0.455 e. The van der Waals surface area contributed by atoms with Crippen molar-refractivity contribution >= 4 is 34.4 Å². The molecule has 2 amide bonds. The number of aromatic nitrogens is 1. The number of ether oxygens (including phenoxy) is 1. The molecule has 1 aromatic heterocycles. The number of nitrogens with zero attached hydrogens (tertiary/aromatic N) is 2. The summed E-state index contributed by atoms with van der Waals surface area (Å²) in [5.74, 6) is -1.37. The zero-order valence-corrected chi connectivity index (χ0v) is 16.0. The van der Waals surface area contributed by atoms with E-state index in [-0.39, 0.29) is 26.0 Å². The molecule has 3 aromatic rings. The molecule has 0 saturated heterocycles. The second-order valence-electron chi connectivity index (χ2n) is 6.58. The van der Waals surface area contributed by atoms with E-state index in [1.807, 2.05) is 47.2 Å². The van der Waals surface area contributed by atoms with Crippen LogP contribution in [-0.2, 0) is 25.7 Å². The van der Waals surface area contributed by atoms with E-state index in [1.165, 1.54) is 4.90 Å². The highest BCUT2D eigenvalue weighted by atomic mass is 16.5. The second-order valence-corrected chi connectivity index (χ2v) is 6.58. The van der Waals surface area contributed by atoms with Crippen molar-refractivity contribution in [1.29, 1.82) is 0 Å². The molecule has 3 rings (SSSR count). The molecule has 0 unspecified atom stereocenters. The van der Waals surface area contributed by atoms with Gasteiger partial charge in [-0.3, -0.25) is 14.4 Å². The number of hydrogen-bond donors (Lipinski definition) is 1. The molecular weight excluding hydrogens is 370 g/mol. The van der Waals surface area contributed by atoms with Crippen LogP contribution in [0.15, 0.2) is 66.9 Å². The molecule has 0 radical (unpaired) electrons. The number of primary amides is 1. The first-order valence-corrected chi connectivity index (χ1v) is 9.38. The molecule has 7 heteroatoms. The highest BCUT2D eigenvalue weighted by Crippen LogP contribution is 2.16. The number of carbonyl (C=O) groups is 3. The lowest BCUT2D eigenvalue weighted by atomic mass is 10.2. The van der Waals surface area contributed by atoms with Gasteiger partial charge >= 0.3 is 5.97 Å². The fraction of sp³-hybridized carbons (Fsp3) is 0.227. The van der Waals surface area contributed by atoms with Crippen LogP contribution in [0.3, 0.4) is 0 Å². The molecule has 0 atom stereocenters. The number of benzene rings is 2. The Morgan fingerprint density at radius 3 is 2.41 bits per heavy atom. The number of nitrogens with two attached hydrogens (primary N) is 1. The number of amides is 2. The van der Waals surface area contributed by atoms with Gasteiger partial charge in [0.25, 0.3) is 5.91 Å². The lowest BCUT2D eigenvalue weighted by Crippen LogP contribution is -2.37. The third-order valence-corrected chi connectivity index (χ3v) is 4.54. The summed E-state index contributed by atoms with van der Waals surface area (Å²) in [5.41, 5.74) is 6.86. The van der Waals surface area contributed by atoms with Gasteiger partial charge in [0.1, 0.15) is 0 Å². The van der Waals surface area contributed by atoms with Crippen molar-refractivity contribution in [1.82, 2.24) is 4.57 Å². The van der Waals surface area contributed by atoms with Gasteiger partial charge < -0.3 is 19.9 Å². The minimum absolute atomic E-state index is 0.0231. The zero-order valence-electron chi connectivity index (χ0n) is 16.0. The molecule has 29 heavy (non-hydrogen) atoms. The number of rotatable bonds is 9. The molecule has 0 aliphatic rings. The summed E-state index contributed by atoms with van der Waals surface area (Å²) in [4.78, 5) is 37.2. The third kappa shape index (κ3) is 5.44. The highest BCUT2D eigenvalue weighted by molar-refractivity contribution is 5.95. The lowest BCUT2D eigenvalue weighted by Gasteiger charge is -2.22. The molecule has 0 aliphatic carbocycles. The van der Waals surface area contributed by atoms with E-state index in [0.29, 0.717) is 12.2 Å². The molecule has 0 aliphatic heterocycles. The van der Waals surface area contributed by atoms with Crippen LogP contribution < -0.4 is 10.6 Å². The SMILES string of the molecule is NC(=O)CCN(C(=O)COC(=O)CCn1ccc2ccccc21)c1ccccc1. The number of anilines is 1. The average Bonchev–Trinajstić information content (AvgIpc) is 3.14. The predicted octanol–water partition coefficient (Wildman–Crippen LogP) is 2.48. The van der Waals surface area contributed by atoms with Gasteiger partial charge in [-0.2, -0.15) is 0 Å². The fourth-order valence-electron chi connectivity index (χ4n) is 3.07. The van der Waals surface area contributed by atoms with E-state index in [0.717, 1.165) is 10.9 Å². The summed E-state index contributed by atoms with van der Waals surface area (Å²) in [6.45, 7) is 0.203. The highest BCUT2D eigenvalue weighted by Gasteiger charge is 2.18. The zero-order chi connectivity index (χ0) is 20.6. The minimum atomic E-state index is -0.505. The maximum Gasteiger partial charge on any atom is 0.308 e. The molecule has 7 nitrogen and oxygen atoms in total. The van der Waals surface area contributed by atoms with Crippen molar-refractivity contribution in [2.24, 2.45) is 5.73 Å². The summed E-state index contributed by atoms with van der Waals surface area (Å²) in [7, 11) is 0. The largest absolute Gasteiger partial charge is 0.455 e. The predicted molar refractivity (Wildman–Crippen MR) is 110 cm³/mol. The Morgan fingerprint density at radius 2 is 1.66 bits per heavy atom. The maximum absolute atomic E-state index is 12.6. The van der Waals surface area contributed by atoms with Gasteiger partial charge in [-0.1, -0.05) is 36.4 Å². The quantitative estimate of drug-likeness (QED) is 0.565. The smallest absolute Gasteiger partial charge is 0.308 e. The molecule has 2 aromatic carbocycles. The van der Waals surface area contributed by atoms with Crippen molar-refractivity contribution in [2.45, 2.75) is 19.4 Å². The molecule has 0 spiro atoms. The van der Waals surface area contributed by atoms with E-state index in [9.17, 15) is 14.4 Å². The molecule has 0 bridgehead atoms. The maximum atomic E-state index is 12.6. The third-order valence-electron chi connectivity index (χ3n) is 4.54. The van der Waals surface area contributed by atoms with Gasteiger partial charge in [-0.05, 0) is 29.7 Å². The summed E-state index contributed by atoms with van der Waals surface area (Å²) in [6, 6.07) is 18.8. The first-order valence-electron chi connectivity index (χ1n) is 9.38. The summed E-state index contributed by atoms with van der Waals surface area (Å²) < 4.78 is 7.14. The first kappa shape index (κ1) is 20.1. The van der Waals surface area contributed by atoms with Gasteiger partial charge in [0.15, 0.2) is 6.61 Å². The molecule has 0 saturated carbocycles. The van der Waals surface area contributed by atoms with Crippen LogP contribution in [0.5, 0.6) is 0 Å². The van der Waals surface area contributed by atoms with Gasteiger partial charge in [0, 0.05) is 36.9 Å². The normalized spacial score (nSPS) is 10.6. The molecule has 150 valence electrons. The average molecular weight is 393 g/mol. The molecular formula is C22H23N3O4. The van der Waals surface area contributed by atoms with Crippen LogP contribution in [0.1, 0.15) is 12.8 Å². The van der Waals surface area contributed by atoms with Crippen molar-refractivity contribution in [3.8, 4) is 0 Å². The van der Waals surface area contributed by atoms with E-state index >= 15 is 0 Å². The Labute approximate surface area is 168 Å². The summed E-state index contributed by atoms with van der Waals surface area (Å²) in [6.07, 6.45) is 2.10. The summed E-state index contributed by atoms with van der Waals surface area (Å²) in [5, 5.41) is 1.10. The molecule has 1 heterocycles. The standard InChI is InChI=1S/C22H23N3O4/c23-20(26)11-15-25(18-7-2-1-3-8-18)21(27)16-29-22(28)12-14-24-13-10-17-6-4-5-9-19(17)24/h1-10,13H,11-12,14-16H2,(H2,23,26). The van der Waals surface area contributed by atoms with E-state index in [2.05, 4.69) is 0 Å². The van der Waals surface area contributed by atoms with E-state index in [1.54, 1.807) is 24.3 Å². The topological polar surface area (TPSA) is 94.6 Å². The van der Waals surface area contributed by atoms with Gasteiger partial charge in [-0.25, -0.2) is 0 Å². The fourth-order valence-corrected chi connectivity index (χ4v) is 3.07. The van der Waals surface area contributed by atoms with Gasteiger partial charge in [0.05, 0.1) is 6.42 Å². The van der Waals surface area contributed by atoms with Gasteiger partial charge in [-0.15, -0.1) is 0 Å². The monoisotopic (exact) mass is 393 g/mol. The molecule has 2 N–H and O–H groups in total. The van der Waals surface area contributed by atoms with Crippen molar-refractivity contribution in [3.63, 3.8) is 0 Å². The Kier molecular flexibility index (Phi) is 6.63. The number of para-hydroxylation sites is 2. The number of hydrogen-bond acceptors (Lipinski definition) is 4. The van der Waals surface area contributed by atoms with Crippen LogP contribution >= 0.6 is 0 Å². The van der Waals surface area contributed by atoms with Crippen molar-refractivity contribution < 1.29 is 19.1 Å². The van der Waals surface area contributed by atoms with Crippen molar-refractivity contribution in [3.05, 3.63) is 66.9 Å². The Bertz CT molecular complexity index is 997. The van der Waals surface area contributed by atoms with E-state index in [4.69, 9.17) is 10.5 Å². The number of aryl methyl sites for hydroxylation is 1. The lowest BCUT2D eigenvalue weighted by molar-refractivity contribution is -0.148. The Morgan fingerprint density at radius 1 is 0.931 bits per heavy atom. The van der Waals surface area contributed by atoms with Crippen LogP contribution in [0.25, 0.3) is 10.9 Å². The molecule has 0 fully saturated rings. The summed E-state index contributed by atoms with van der Waals surface area (Å²) >= 11 is 0. The van der Waals surface area contributed by atoms with E-state index < -0.39 is 17.8 Å². The second kappa shape index (κ2) is 9.54.